The van der Waals surface area contributed by atoms with Crippen molar-refractivity contribution in [1.29, 1.82) is 0 Å². The lowest BCUT2D eigenvalue weighted by molar-refractivity contribution is -0.142. The molecule has 14 nitrogen and oxygen atoms in total. The van der Waals surface area contributed by atoms with Gasteiger partial charge in [0.05, 0.1) is 12.5 Å². The molecular formula is C20H39N7O7. The van der Waals surface area contributed by atoms with Crippen molar-refractivity contribution in [2.45, 2.75) is 82.1 Å². The number of carbonyl (C=O) groups is 5. The molecule has 0 rings (SSSR count). The topological polar surface area (TPSA) is 266 Å². The average molecular weight is 490 g/mol. The predicted molar refractivity (Wildman–Crippen MR) is 123 cm³/mol. The number of amides is 4. The molecular weight excluding hydrogens is 450 g/mol. The second kappa shape index (κ2) is 16.7. The van der Waals surface area contributed by atoms with Gasteiger partial charge in [-0.1, -0.05) is 0 Å². The number of hydrogen-bond acceptors (Lipinski definition) is 9. The molecule has 5 atom stereocenters. The summed E-state index contributed by atoms with van der Waals surface area (Å²) in [5.41, 5.74) is 21.6. The first-order valence-electron chi connectivity index (χ1n) is 11.2. The number of carboxylic acid groups (broad SMARTS) is 1. The smallest absolute Gasteiger partial charge is 0.326 e. The summed E-state index contributed by atoms with van der Waals surface area (Å²) in [5, 5.41) is 26.0. The fourth-order valence-corrected chi connectivity index (χ4v) is 2.95. The first-order chi connectivity index (χ1) is 15.9. The van der Waals surface area contributed by atoms with Gasteiger partial charge in [0.2, 0.25) is 23.6 Å². The van der Waals surface area contributed by atoms with Crippen molar-refractivity contribution in [2.75, 3.05) is 13.1 Å². The first-order valence-corrected chi connectivity index (χ1v) is 11.2. The summed E-state index contributed by atoms with van der Waals surface area (Å²) in [5.74, 6) is -4.67. The normalized spacial score (nSPS) is 15.3. The Bertz CT molecular complexity index is 690. The molecule has 13 N–H and O–H groups in total. The van der Waals surface area contributed by atoms with Gasteiger partial charge in [-0.15, -0.1) is 0 Å². The van der Waals surface area contributed by atoms with Crippen molar-refractivity contribution in [2.24, 2.45) is 22.9 Å². The SMILES string of the molecule is CC(O)C(N)C(=O)NC(CC(N)=O)C(=O)NC(CCCCN)C(=O)NC(CCCCN)C(=O)O. The van der Waals surface area contributed by atoms with Crippen molar-refractivity contribution in [3.8, 4) is 0 Å². The van der Waals surface area contributed by atoms with Crippen molar-refractivity contribution in [3.63, 3.8) is 0 Å². The number of carbonyl (C=O) groups excluding carboxylic acids is 4. The van der Waals surface area contributed by atoms with Gasteiger partial charge in [-0.25, -0.2) is 4.79 Å². The van der Waals surface area contributed by atoms with Gasteiger partial charge >= 0.3 is 5.97 Å². The lowest BCUT2D eigenvalue weighted by atomic mass is 10.0. The Morgan fingerprint density at radius 1 is 0.765 bits per heavy atom. The molecule has 14 heteroatoms. The van der Waals surface area contributed by atoms with Crippen molar-refractivity contribution in [3.05, 3.63) is 0 Å². The summed E-state index contributed by atoms with van der Waals surface area (Å²) in [7, 11) is 0. The van der Waals surface area contributed by atoms with Gasteiger partial charge in [0, 0.05) is 0 Å². The molecule has 4 amide bonds. The Labute approximate surface area is 198 Å². The number of aliphatic carboxylic acids is 1. The highest BCUT2D eigenvalue weighted by atomic mass is 16.4. The molecule has 0 aliphatic heterocycles. The van der Waals surface area contributed by atoms with Gasteiger partial charge in [0.15, 0.2) is 0 Å². The van der Waals surface area contributed by atoms with E-state index in [1.807, 2.05) is 0 Å². The van der Waals surface area contributed by atoms with Crippen molar-refractivity contribution in [1.82, 2.24) is 16.0 Å². The standard InChI is InChI=1S/C20H39N7O7/c1-11(28)16(24)19(32)27-14(10-15(23)29)18(31)25-12(6-2-4-8-21)17(30)26-13(20(33)34)7-3-5-9-22/h11-14,16,28H,2-10,21-22,24H2,1H3,(H2,23,29)(H,25,31)(H,26,30)(H,27,32)(H,33,34). The van der Waals surface area contributed by atoms with Crippen molar-refractivity contribution >= 4 is 29.6 Å². The molecule has 0 saturated carbocycles. The minimum absolute atomic E-state index is 0.133. The summed E-state index contributed by atoms with van der Waals surface area (Å²) in [6, 6.07) is -5.16. The summed E-state index contributed by atoms with van der Waals surface area (Å²) in [6.45, 7) is 2.00. The number of unbranched alkanes of at least 4 members (excludes halogenated alkanes) is 2. The number of hydrogen-bond donors (Lipinski definition) is 9. The van der Waals surface area contributed by atoms with E-state index in [0.29, 0.717) is 38.8 Å². The van der Waals surface area contributed by atoms with Crippen LogP contribution in [0.5, 0.6) is 0 Å². The molecule has 196 valence electrons. The van der Waals surface area contributed by atoms with Gasteiger partial charge < -0.3 is 49.1 Å². The van der Waals surface area contributed by atoms with E-state index in [1.165, 1.54) is 6.92 Å². The minimum Gasteiger partial charge on any atom is -0.480 e. The number of primary amides is 1. The van der Waals surface area contributed by atoms with Crippen molar-refractivity contribution < 1.29 is 34.2 Å². The maximum absolute atomic E-state index is 12.8. The summed E-state index contributed by atoms with van der Waals surface area (Å²) < 4.78 is 0. The van der Waals surface area contributed by atoms with Crippen LogP contribution in [0, 0.1) is 0 Å². The summed E-state index contributed by atoms with van der Waals surface area (Å²) in [6.07, 6.45) is 0.529. The van der Waals surface area contributed by atoms with E-state index in [2.05, 4.69) is 16.0 Å². The third kappa shape index (κ3) is 12.4. The zero-order chi connectivity index (χ0) is 26.3. The van der Waals surface area contributed by atoms with Crippen LogP contribution in [-0.4, -0.2) is 83.2 Å². The Hall–Kier alpha value is -2.81. The van der Waals surface area contributed by atoms with Crippen LogP contribution in [0.4, 0.5) is 0 Å². The Morgan fingerprint density at radius 2 is 1.21 bits per heavy atom. The lowest BCUT2D eigenvalue weighted by Crippen LogP contribution is -2.58. The molecule has 0 aromatic carbocycles. The number of nitrogens with two attached hydrogens (primary N) is 4. The number of aliphatic hydroxyl groups is 1. The Morgan fingerprint density at radius 3 is 1.65 bits per heavy atom. The second-order valence-corrected chi connectivity index (χ2v) is 8.03. The van der Waals surface area contributed by atoms with Crippen LogP contribution in [0.15, 0.2) is 0 Å². The molecule has 0 saturated heterocycles. The Balaban J connectivity index is 5.49. The maximum Gasteiger partial charge on any atom is 0.326 e. The lowest BCUT2D eigenvalue weighted by Gasteiger charge is -2.25. The van der Waals surface area contributed by atoms with E-state index in [0.717, 1.165) is 0 Å². The van der Waals surface area contributed by atoms with E-state index < -0.39 is 66.3 Å². The van der Waals surface area contributed by atoms with E-state index in [9.17, 15) is 34.2 Å². The van der Waals surface area contributed by atoms with Crippen LogP contribution in [0.25, 0.3) is 0 Å². The zero-order valence-corrected chi connectivity index (χ0v) is 19.5. The van der Waals surface area contributed by atoms with Crippen LogP contribution in [0.1, 0.15) is 51.9 Å². The third-order valence-electron chi connectivity index (χ3n) is 5.00. The highest BCUT2D eigenvalue weighted by molar-refractivity contribution is 5.96. The van der Waals surface area contributed by atoms with Gasteiger partial charge in [-0.3, -0.25) is 19.2 Å². The fourth-order valence-electron chi connectivity index (χ4n) is 2.95. The second-order valence-electron chi connectivity index (χ2n) is 8.03. The largest absolute Gasteiger partial charge is 0.480 e. The van der Waals surface area contributed by atoms with E-state index in [1.54, 1.807) is 0 Å². The summed E-state index contributed by atoms with van der Waals surface area (Å²) >= 11 is 0. The zero-order valence-electron chi connectivity index (χ0n) is 19.5. The number of aliphatic hydroxyl groups excluding tert-OH is 1. The average Bonchev–Trinajstić information content (AvgIpc) is 2.76. The van der Waals surface area contributed by atoms with E-state index in [4.69, 9.17) is 22.9 Å². The molecule has 0 spiro atoms. The molecule has 0 aromatic heterocycles. The van der Waals surface area contributed by atoms with Gasteiger partial charge in [-0.05, 0) is 58.5 Å². The van der Waals surface area contributed by atoms with Crippen LogP contribution >= 0.6 is 0 Å². The van der Waals surface area contributed by atoms with Gasteiger partial charge in [0.25, 0.3) is 0 Å². The summed E-state index contributed by atoms with van der Waals surface area (Å²) in [4.78, 5) is 60.7. The van der Waals surface area contributed by atoms with Crippen LogP contribution in [0.2, 0.25) is 0 Å². The van der Waals surface area contributed by atoms with Crippen LogP contribution < -0.4 is 38.9 Å². The van der Waals surface area contributed by atoms with Crippen LogP contribution in [-0.2, 0) is 24.0 Å². The van der Waals surface area contributed by atoms with E-state index in [-0.39, 0.29) is 12.8 Å². The number of carboxylic acids is 1. The molecule has 0 aromatic rings. The molecule has 0 aliphatic carbocycles. The third-order valence-corrected chi connectivity index (χ3v) is 5.00. The first kappa shape index (κ1) is 31.2. The quantitative estimate of drug-likeness (QED) is 0.0852. The number of nitrogens with one attached hydrogen (secondary N) is 3. The minimum atomic E-state index is -1.46. The van der Waals surface area contributed by atoms with Gasteiger partial charge in [-0.2, -0.15) is 0 Å². The number of rotatable bonds is 18. The van der Waals surface area contributed by atoms with Crippen LogP contribution in [0.3, 0.4) is 0 Å². The molecule has 5 unspecified atom stereocenters. The highest BCUT2D eigenvalue weighted by Gasteiger charge is 2.31. The Kier molecular flexibility index (Phi) is 15.4. The highest BCUT2D eigenvalue weighted by Crippen LogP contribution is 2.06. The molecule has 0 radical (unpaired) electrons. The predicted octanol–water partition coefficient (Wildman–Crippen LogP) is -3.63. The molecule has 0 fully saturated rings. The van der Waals surface area contributed by atoms with E-state index >= 15 is 0 Å². The van der Waals surface area contributed by atoms with Gasteiger partial charge in [0.1, 0.15) is 24.2 Å². The monoisotopic (exact) mass is 489 g/mol. The molecule has 0 heterocycles. The molecule has 0 bridgehead atoms. The molecule has 0 aliphatic rings. The maximum atomic E-state index is 12.8. The fraction of sp³-hybridized carbons (Fsp3) is 0.750. The molecule has 34 heavy (non-hydrogen) atoms.